The zero-order chi connectivity index (χ0) is 13.2. The van der Waals surface area contributed by atoms with Crippen LogP contribution in [-0.4, -0.2) is 43.2 Å². The Balaban J connectivity index is 1.87. The van der Waals surface area contributed by atoms with Crippen LogP contribution in [0.1, 0.15) is 39.5 Å². The Morgan fingerprint density at radius 2 is 1.83 bits per heavy atom. The van der Waals surface area contributed by atoms with Crippen molar-refractivity contribution >= 4 is 5.91 Å². The van der Waals surface area contributed by atoms with Crippen molar-refractivity contribution in [1.29, 1.82) is 0 Å². The Morgan fingerprint density at radius 1 is 1.28 bits per heavy atom. The predicted octanol–water partition coefficient (Wildman–Crippen LogP) is 1.39. The maximum absolute atomic E-state index is 12.4. The zero-order valence-corrected chi connectivity index (χ0v) is 11.7. The zero-order valence-electron chi connectivity index (χ0n) is 11.7. The lowest BCUT2D eigenvalue weighted by Gasteiger charge is -2.39. The molecule has 0 spiro atoms. The van der Waals surface area contributed by atoms with Crippen molar-refractivity contribution in [3.05, 3.63) is 0 Å². The van der Waals surface area contributed by atoms with Crippen molar-refractivity contribution < 1.29 is 9.53 Å². The molecule has 2 aliphatic heterocycles. The first-order valence-electron chi connectivity index (χ1n) is 7.12. The maximum atomic E-state index is 12.4. The monoisotopic (exact) mass is 254 g/mol. The van der Waals surface area contributed by atoms with Gasteiger partial charge >= 0.3 is 0 Å². The van der Waals surface area contributed by atoms with Gasteiger partial charge in [0.25, 0.3) is 0 Å². The number of likely N-dealkylation sites (tertiary alicyclic amines) is 1. The number of piperidine rings is 1. The molecule has 0 aromatic rings. The molecule has 18 heavy (non-hydrogen) atoms. The molecule has 0 bridgehead atoms. The van der Waals surface area contributed by atoms with Crippen LogP contribution >= 0.6 is 0 Å². The molecule has 0 aromatic carbocycles. The summed E-state index contributed by atoms with van der Waals surface area (Å²) in [6.45, 7) is 7.77. The highest BCUT2D eigenvalue weighted by Gasteiger charge is 2.33. The minimum absolute atomic E-state index is 0.150. The van der Waals surface area contributed by atoms with E-state index in [0.29, 0.717) is 11.3 Å². The molecule has 104 valence electrons. The Labute approximate surface area is 110 Å². The van der Waals surface area contributed by atoms with E-state index in [-0.39, 0.29) is 11.9 Å². The minimum atomic E-state index is -0.324. The summed E-state index contributed by atoms with van der Waals surface area (Å²) in [5.41, 5.74) is 6.52. The first-order valence-corrected chi connectivity index (χ1v) is 7.12. The molecule has 2 N–H and O–H groups in total. The number of amides is 1. The molecule has 0 aromatic heterocycles. The standard InChI is InChI=1S/C14H26N2O2/c1-14(2)5-7-16(8-6-14)13(17)12(15)11-3-9-18-10-4-11/h11-12H,3-10,15H2,1-2H3. The van der Waals surface area contributed by atoms with Crippen LogP contribution in [0.15, 0.2) is 0 Å². The molecule has 0 radical (unpaired) electrons. The molecule has 1 amide bonds. The van der Waals surface area contributed by atoms with Gasteiger partial charge in [-0.1, -0.05) is 13.8 Å². The first-order chi connectivity index (χ1) is 8.49. The second-order valence-corrected chi connectivity index (χ2v) is 6.47. The smallest absolute Gasteiger partial charge is 0.239 e. The fourth-order valence-electron chi connectivity index (χ4n) is 2.82. The Kier molecular flexibility index (Phi) is 4.28. The van der Waals surface area contributed by atoms with Crippen molar-refractivity contribution in [3.63, 3.8) is 0 Å². The van der Waals surface area contributed by atoms with E-state index in [1.807, 2.05) is 4.90 Å². The summed E-state index contributed by atoms with van der Waals surface area (Å²) in [6, 6.07) is -0.324. The quantitative estimate of drug-likeness (QED) is 0.810. The van der Waals surface area contributed by atoms with Crippen LogP contribution in [-0.2, 0) is 9.53 Å². The van der Waals surface area contributed by atoms with Gasteiger partial charge < -0.3 is 15.4 Å². The summed E-state index contributed by atoms with van der Waals surface area (Å²) in [5, 5.41) is 0. The van der Waals surface area contributed by atoms with Crippen molar-refractivity contribution in [2.45, 2.75) is 45.6 Å². The predicted molar refractivity (Wildman–Crippen MR) is 71.1 cm³/mol. The minimum Gasteiger partial charge on any atom is -0.381 e. The number of carbonyl (C=O) groups is 1. The second kappa shape index (κ2) is 5.57. The van der Waals surface area contributed by atoms with Gasteiger partial charge in [-0.25, -0.2) is 0 Å². The lowest BCUT2D eigenvalue weighted by Crippen LogP contribution is -2.52. The number of hydrogen-bond donors (Lipinski definition) is 1. The lowest BCUT2D eigenvalue weighted by atomic mass is 9.82. The van der Waals surface area contributed by atoms with Crippen molar-refractivity contribution in [2.24, 2.45) is 17.1 Å². The average molecular weight is 254 g/mol. The molecule has 4 nitrogen and oxygen atoms in total. The highest BCUT2D eigenvalue weighted by molar-refractivity contribution is 5.82. The second-order valence-electron chi connectivity index (χ2n) is 6.47. The third-order valence-electron chi connectivity index (χ3n) is 4.49. The summed E-state index contributed by atoms with van der Waals surface area (Å²) in [6.07, 6.45) is 4.01. The van der Waals surface area contributed by atoms with Crippen LogP contribution in [0, 0.1) is 11.3 Å². The van der Waals surface area contributed by atoms with E-state index in [1.165, 1.54) is 0 Å². The maximum Gasteiger partial charge on any atom is 0.239 e. The highest BCUT2D eigenvalue weighted by Crippen LogP contribution is 2.30. The molecule has 0 aliphatic carbocycles. The molecule has 2 heterocycles. The van der Waals surface area contributed by atoms with Gasteiger partial charge in [-0.05, 0) is 37.0 Å². The third kappa shape index (κ3) is 3.23. The van der Waals surface area contributed by atoms with Crippen LogP contribution in [0.3, 0.4) is 0 Å². The van der Waals surface area contributed by atoms with E-state index in [2.05, 4.69) is 13.8 Å². The molecule has 0 saturated carbocycles. The van der Waals surface area contributed by atoms with Gasteiger partial charge in [0.2, 0.25) is 5.91 Å². The molecule has 2 rings (SSSR count). The molecular weight excluding hydrogens is 228 g/mol. The van der Waals surface area contributed by atoms with Gasteiger partial charge in [0, 0.05) is 26.3 Å². The van der Waals surface area contributed by atoms with Crippen molar-refractivity contribution in [3.8, 4) is 0 Å². The van der Waals surface area contributed by atoms with E-state index in [0.717, 1.165) is 52.0 Å². The number of ether oxygens (including phenoxy) is 1. The fourth-order valence-corrected chi connectivity index (χ4v) is 2.82. The molecule has 1 atom stereocenters. The van der Waals surface area contributed by atoms with Gasteiger partial charge in [-0.2, -0.15) is 0 Å². The van der Waals surface area contributed by atoms with Crippen LogP contribution in [0.2, 0.25) is 0 Å². The summed E-state index contributed by atoms with van der Waals surface area (Å²) in [7, 11) is 0. The molecule has 2 fully saturated rings. The first kappa shape index (κ1) is 13.8. The van der Waals surface area contributed by atoms with Crippen LogP contribution in [0.5, 0.6) is 0 Å². The highest BCUT2D eigenvalue weighted by atomic mass is 16.5. The van der Waals surface area contributed by atoms with E-state index in [1.54, 1.807) is 0 Å². The normalized spacial score (nSPS) is 26.9. The van der Waals surface area contributed by atoms with E-state index >= 15 is 0 Å². The van der Waals surface area contributed by atoms with Gasteiger partial charge in [0.05, 0.1) is 6.04 Å². The molecule has 4 heteroatoms. The third-order valence-corrected chi connectivity index (χ3v) is 4.49. The Hall–Kier alpha value is -0.610. The van der Waals surface area contributed by atoms with Gasteiger partial charge in [0.1, 0.15) is 0 Å². The fraction of sp³-hybridized carbons (Fsp3) is 0.929. The van der Waals surface area contributed by atoms with Crippen molar-refractivity contribution in [2.75, 3.05) is 26.3 Å². The average Bonchev–Trinajstić information content (AvgIpc) is 2.38. The van der Waals surface area contributed by atoms with Crippen LogP contribution in [0.4, 0.5) is 0 Å². The van der Waals surface area contributed by atoms with Crippen molar-refractivity contribution in [1.82, 2.24) is 4.90 Å². The van der Waals surface area contributed by atoms with E-state index in [4.69, 9.17) is 10.5 Å². The topological polar surface area (TPSA) is 55.6 Å². The molecule has 2 saturated heterocycles. The van der Waals surface area contributed by atoms with Gasteiger partial charge in [-0.15, -0.1) is 0 Å². The summed E-state index contributed by atoms with van der Waals surface area (Å²) in [5.74, 6) is 0.457. The van der Waals surface area contributed by atoms with Crippen LogP contribution < -0.4 is 5.73 Å². The number of rotatable bonds is 2. The van der Waals surface area contributed by atoms with Crippen LogP contribution in [0.25, 0.3) is 0 Å². The number of nitrogens with zero attached hydrogens (tertiary/aromatic N) is 1. The summed E-state index contributed by atoms with van der Waals surface area (Å²) in [4.78, 5) is 14.3. The number of carbonyl (C=O) groups excluding carboxylic acids is 1. The van der Waals surface area contributed by atoms with E-state index < -0.39 is 0 Å². The van der Waals surface area contributed by atoms with Gasteiger partial charge in [-0.3, -0.25) is 4.79 Å². The summed E-state index contributed by atoms with van der Waals surface area (Å²) >= 11 is 0. The molecule has 1 unspecified atom stereocenters. The van der Waals surface area contributed by atoms with E-state index in [9.17, 15) is 4.79 Å². The SMILES string of the molecule is CC1(C)CCN(C(=O)C(N)C2CCOCC2)CC1. The lowest BCUT2D eigenvalue weighted by molar-refractivity contribution is -0.136. The van der Waals surface area contributed by atoms with Gasteiger partial charge in [0.15, 0.2) is 0 Å². The Morgan fingerprint density at radius 3 is 2.39 bits per heavy atom. The number of hydrogen-bond acceptors (Lipinski definition) is 3. The largest absolute Gasteiger partial charge is 0.381 e. The summed E-state index contributed by atoms with van der Waals surface area (Å²) < 4.78 is 5.32. The Bertz CT molecular complexity index is 288. The molecular formula is C14H26N2O2. The number of nitrogens with two attached hydrogens (primary N) is 1. The molecule has 2 aliphatic rings.